The molecule has 1 aromatic carbocycles. The number of esters is 4. The van der Waals surface area contributed by atoms with Crippen LogP contribution in [0.1, 0.15) is 406 Å². The van der Waals surface area contributed by atoms with E-state index in [0.29, 0.717) is 124 Å². The first-order valence-electron chi connectivity index (χ1n) is 55.9. The number of Topliss-reactive ketones (excluding diaryl/α,β-unsaturated/α-hetero) is 5. The van der Waals surface area contributed by atoms with Crippen molar-refractivity contribution >= 4 is 75.4 Å². The van der Waals surface area contributed by atoms with Crippen molar-refractivity contribution < 1.29 is 92.7 Å². The standard InChI is InChI=1S/C31H41IO6.C23H34O5.C22H34O3.C22H36O3.C20H34O2/c1-18(33)31(36)27(38-28(35)15-20-6-5-7-22(32)14-20)17-26-24-9-8-21-16-23(37-19(2)34)10-12-29(21,3)25(24)11-13-30(26,31)4;1-14(24)28-13-20(26)23(27)11-8-19-17-5-4-15-12-16(25)6-9-21(15,2)18(17)7-10-22(19,23)3;1-14(23)25-22(4)12-9-19-17-6-5-15-13-16(24)7-10-20(15,2)18(17)8-11-21(19,22)3;1-13-11-19-17-6-5-15-12-16(24)7-9-20(15,3)18(17)8-10-21(19,4)22(13,25)14(2)23;1-18-9-6-14(21)12-13(18)4-5-15-16(18)7-10-19(2)17(15)8-11-20(19,3)22/h5-7,14,21,23-27,36H,8-13,15-17H2,1-4H3;15,17-19,27H,4-13H2,1-3H3;15,17-19H,5-13H2,1-4H3;13,15-19,24-25H,5-12H2,1-4H3;13-17,21-22H,4-12H2,1-3H3/t;;;13?,15?,16-,17?,18?,19?,20?,21?,22?;/m...0./s1. The highest BCUT2D eigenvalue weighted by atomic mass is 127. The molecule has 20 heteroatoms. The van der Waals surface area contributed by atoms with Gasteiger partial charge in [-0.1, -0.05) is 88.3 Å². The van der Waals surface area contributed by atoms with Crippen molar-refractivity contribution in [1.29, 1.82) is 0 Å². The third-order valence-corrected chi connectivity index (χ3v) is 49.7. The molecule has 0 spiro atoms. The number of carbonyl (C=O) groups is 9. The smallest absolute Gasteiger partial charge is 0.310 e. The number of hydrogen-bond acceptors (Lipinski definition) is 19. The zero-order valence-electron chi connectivity index (χ0n) is 87.9. The van der Waals surface area contributed by atoms with Gasteiger partial charge in [-0.05, 0) is 475 Å². The van der Waals surface area contributed by atoms with Gasteiger partial charge in [-0.2, -0.15) is 0 Å². The summed E-state index contributed by atoms with van der Waals surface area (Å²) in [6, 6.07) is 7.74. The Hall–Kier alpha value is -4.06. The Balaban J connectivity index is 0.000000121. The first-order valence-corrected chi connectivity index (χ1v) is 57.0. The normalized spacial score (nSPS) is 50.9. The van der Waals surface area contributed by atoms with Gasteiger partial charge in [0.15, 0.2) is 23.8 Å². The lowest BCUT2D eigenvalue weighted by Crippen LogP contribution is -2.61. The van der Waals surface area contributed by atoms with Crippen LogP contribution in [0.2, 0.25) is 0 Å². The molecule has 0 saturated heterocycles. The third kappa shape index (κ3) is 17.1. The minimum absolute atomic E-state index is 0.0157. The van der Waals surface area contributed by atoms with E-state index in [9.17, 15) is 73.8 Å². The minimum atomic E-state index is -1.67. The Bertz CT molecular complexity index is 4770. The Morgan fingerprint density at radius 1 is 0.384 bits per heavy atom. The third-order valence-electron chi connectivity index (χ3n) is 49.0. The zero-order chi connectivity index (χ0) is 99.8. The molecule has 20 aliphatic carbocycles. The predicted octanol–water partition coefficient (Wildman–Crippen LogP) is 22.1. The number of halogens is 1. The highest BCUT2D eigenvalue weighted by Crippen LogP contribution is 2.76. The van der Waals surface area contributed by atoms with Crippen molar-refractivity contribution in [2.24, 2.45) is 178 Å². The summed E-state index contributed by atoms with van der Waals surface area (Å²) >= 11 is 2.22. The molecule has 20 aliphatic rings. The van der Waals surface area contributed by atoms with Gasteiger partial charge in [0.1, 0.15) is 40.6 Å². The monoisotopic (exact) mass is 2030 g/mol. The maximum absolute atomic E-state index is 13.1. The van der Waals surface area contributed by atoms with Gasteiger partial charge in [-0.15, -0.1) is 0 Å². The first kappa shape index (κ1) is 105. The van der Waals surface area contributed by atoms with Gasteiger partial charge < -0.3 is 49.6 Å². The molecule has 0 bridgehead atoms. The number of aliphatic hydroxyl groups excluding tert-OH is 2. The number of hydrogen-bond donors (Lipinski definition) is 6. The van der Waals surface area contributed by atoms with Gasteiger partial charge in [-0.3, -0.25) is 43.2 Å². The highest BCUT2D eigenvalue weighted by Gasteiger charge is 2.75. The number of benzene rings is 1. The molecule has 39 unspecified atom stereocenters. The molecule has 6 N–H and O–H groups in total. The zero-order valence-corrected chi connectivity index (χ0v) is 90.1. The Labute approximate surface area is 840 Å². The summed E-state index contributed by atoms with van der Waals surface area (Å²) in [5.74, 6) is 11.0. The van der Waals surface area contributed by atoms with Crippen molar-refractivity contribution in [2.45, 2.75) is 460 Å². The van der Waals surface area contributed by atoms with Gasteiger partial charge >= 0.3 is 23.9 Å². The van der Waals surface area contributed by atoms with Crippen LogP contribution >= 0.6 is 22.6 Å². The summed E-state index contributed by atoms with van der Waals surface area (Å²) in [4.78, 5) is 110. The number of carbonyl (C=O) groups excluding carboxylic acids is 9. The van der Waals surface area contributed by atoms with E-state index in [4.69, 9.17) is 18.9 Å². The lowest BCUT2D eigenvalue weighted by molar-refractivity contribution is -0.191. The van der Waals surface area contributed by atoms with E-state index in [1.807, 2.05) is 24.3 Å². The Morgan fingerprint density at radius 3 is 1.27 bits per heavy atom. The summed E-state index contributed by atoms with van der Waals surface area (Å²) < 4.78 is 23.5. The van der Waals surface area contributed by atoms with Crippen LogP contribution < -0.4 is 0 Å². The van der Waals surface area contributed by atoms with Crippen LogP contribution in [0.25, 0.3) is 0 Å². The molecular formula is C118H179IO19. The fourth-order valence-corrected chi connectivity index (χ4v) is 41.3. The van der Waals surface area contributed by atoms with E-state index >= 15 is 0 Å². The Morgan fingerprint density at radius 2 is 0.790 bits per heavy atom. The molecule has 138 heavy (non-hydrogen) atoms. The van der Waals surface area contributed by atoms with Gasteiger partial charge in [0.05, 0.1) is 24.2 Å². The van der Waals surface area contributed by atoms with Gasteiger partial charge in [0.25, 0.3) is 0 Å². The largest absolute Gasteiger partial charge is 0.463 e. The molecule has 40 atom stereocenters. The fraction of sp³-hybridized carbons (Fsp3) is 0.873. The van der Waals surface area contributed by atoms with Crippen LogP contribution in [0.15, 0.2) is 24.3 Å². The van der Waals surface area contributed by atoms with E-state index in [2.05, 4.69) is 113 Å². The van der Waals surface area contributed by atoms with Gasteiger partial charge in [0.2, 0.25) is 5.78 Å². The van der Waals surface area contributed by atoms with Crippen LogP contribution in [0, 0.1) is 182 Å². The van der Waals surface area contributed by atoms with Crippen molar-refractivity contribution in [2.75, 3.05) is 6.61 Å². The molecule has 0 aliphatic heterocycles. The SMILES string of the molecule is CC(=O)C1(O)C(C)CC2C3CCC4C[C@@H](O)CCC4(C)C3CCC21C.CC(=O)OC1(C)CCC2C3CCC4CC(=O)CCC4(C)C3CCC21C.CC(=O)OC1CCC2(C)C(CCC3C2CCC2(C)C3CC(OC(=O)Cc3cccc(I)c3)C2(O)C(C)=O)C1.CC(=O)OCC(=O)C1(O)CCC2C3CCC4CC(=O)CCC4(C)C3CCC21C.CC12CCC(O)CC1CCC1C2CCC2(C)C1CCC2(C)O. The average Bonchev–Trinajstić information content (AvgIpc) is 1.52. The van der Waals surface area contributed by atoms with Gasteiger partial charge in [0, 0.05) is 71.7 Å². The van der Waals surface area contributed by atoms with E-state index in [1.165, 1.54) is 104 Å². The lowest BCUT2D eigenvalue weighted by atomic mass is 9.44. The Kier molecular flexibility index (Phi) is 29.0. The second-order valence-electron chi connectivity index (χ2n) is 54.0. The lowest BCUT2D eigenvalue weighted by Gasteiger charge is -2.61. The summed E-state index contributed by atoms with van der Waals surface area (Å²) in [6.07, 6.45) is 43.3. The van der Waals surface area contributed by atoms with Crippen LogP contribution in [0.3, 0.4) is 0 Å². The molecule has 19 nitrogen and oxygen atoms in total. The van der Waals surface area contributed by atoms with Crippen molar-refractivity contribution in [3.8, 4) is 0 Å². The molecule has 20 saturated carbocycles. The average molecular weight is 2030 g/mol. The predicted molar refractivity (Wildman–Crippen MR) is 538 cm³/mol. The molecule has 0 amide bonds. The molecule has 0 radical (unpaired) electrons. The molecule has 21 rings (SSSR count). The summed E-state index contributed by atoms with van der Waals surface area (Å²) in [5, 5.41) is 66.1. The van der Waals surface area contributed by atoms with Crippen LogP contribution in [-0.2, 0) is 68.5 Å². The van der Waals surface area contributed by atoms with Crippen LogP contribution in [0.5, 0.6) is 0 Å². The second kappa shape index (κ2) is 38.0. The number of rotatable bonds is 10. The van der Waals surface area contributed by atoms with E-state index in [1.54, 1.807) is 13.8 Å². The molecule has 20 fully saturated rings. The molecular weight excluding hydrogens is 1850 g/mol. The maximum atomic E-state index is 13.1. The minimum Gasteiger partial charge on any atom is -0.463 e. The van der Waals surface area contributed by atoms with Crippen LogP contribution in [-0.4, -0.2) is 142 Å². The number of ketones is 5. The summed E-state index contributed by atoms with van der Waals surface area (Å²) in [7, 11) is 0. The second-order valence-corrected chi connectivity index (χ2v) is 55.2. The molecule has 772 valence electrons. The molecule has 0 aromatic heterocycles. The number of ether oxygens (including phenoxy) is 4. The summed E-state index contributed by atoms with van der Waals surface area (Å²) in [6.45, 7) is 36.9. The topological polar surface area (TPSA) is 312 Å². The van der Waals surface area contributed by atoms with Crippen molar-refractivity contribution in [3.05, 3.63) is 33.4 Å². The van der Waals surface area contributed by atoms with E-state index in [0.717, 1.165) is 218 Å². The fourth-order valence-electron chi connectivity index (χ4n) is 40.7. The molecule has 0 heterocycles. The summed E-state index contributed by atoms with van der Waals surface area (Å²) in [5.41, 5.74) is -3.59. The van der Waals surface area contributed by atoms with E-state index in [-0.39, 0.29) is 105 Å². The van der Waals surface area contributed by atoms with Crippen molar-refractivity contribution in [3.63, 3.8) is 0 Å². The quantitative estimate of drug-likeness (QED) is 0.0720. The number of aliphatic hydroxyl groups is 6. The molecule has 1 aromatic rings. The van der Waals surface area contributed by atoms with Crippen LogP contribution in [0.4, 0.5) is 0 Å². The first-order chi connectivity index (χ1) is 64.6. The maximum Gasteiger partial charge on any atom is 0.310 e. The van der Waals surface area contributed by atoms with Gasteiger partial charge in [-0.25, -0.2) is 0 Å². The van der Waals surface area contributed by atoms with Crippen molar-refractivity contribution in [1.82, 2.24) is 0 Å². The highest BCUT2D eigenvalue weighted by molar-refractivity contribution is 14.1. The number of fused-ring (bicyclic) bond motifs is 25. The van der Waals surface area contributed by atoms with E-state index < -0.39 is 51.3 Å².